The highest BCUT2D eigenvalue weighted by atomic mass is 16.3. The fourth-order valence-corrected chi connectivity index (χ4v) is 2.45. The van der Waals surface area contributed by atoms with E-state index in [1.165, 1.54) is 12.7 Å². The largest absolute Gasteiger partial charge is 0.459 e. The van der Waals surface area contributed by atoms with Gasteiger partial charge in [0.25, 0.3) is 5.91 Å². The minimum absolute atomic E-state index is 0.0926. The van der Waals surface area contributed by atoms with E-state index in [9.17, 15) is 4.79 Å². The predicted octanol–water partition coefficient (Wildman–Crippen LogP) is 2.32. The molecule has 0 atom stereocenters. The predicted molar refractivity (Wildman–Crippen MR) is 70.5 cm³/mol. The summed E-state index contributed by atoms with van der Waals surface area (Å²) in [6, 6.07) is 4.36. The van der Waals surface area contributed by atoms with E-state index in [0.717, 1.165) is 32.2 Å². The van der Waals surface area contributed by atoms with Crippen LogP contribution in [-0.2, 0) is 0 Å². The fourth-order valence-electron chi connectivity index (χ4n) is 2.45. The highest BCUT2D eigenvalue weighted by Gasteiger charge is 2.22. The lowest BCUT2D eigenvalue weighted by Gasteiger charge is -2.29. The van der Waals surface area contributed by atoms with Crippen molar-refractivity contribution in [2.24, 2.45) is 0 Å². The summed E-state index contributed by atoms with van der Waals surface area (Å²) in [5.41, 5.74) is 0. The monoisotopic (exact) mass is 250 g/mol. The highest BCUT2D eigenvalue weighted by Crippen LogP contribution is 2.19. The summed E-state index contributed by atoms with van der Waals surface area (Å²) in [5, 5.41) is 6.58. The van der Waals surface area contributed by atoms with Gasteiger partial charge in [-0.2, -0.15) is 0 Å². The Hall–Kier alpha value is -1.29. The van der Waals surface area contributed by atoms with Crippen molar-refractivity contribution in [3.05, 3.63) is 24.2 Å². The Balaban J connectivity index is 1.72. The molecule has 0 radical (unpaired) electrons. The van der Waals surface area contributed by atoms with E-state index in [-0.39, 0.29) is 5.91 Å². The molecule has 1 fully saturated rings. The summed E-state index contributed by atoms with van der Waals surface area (Å²) < 4.78 is 5.09. The standard InChI is InChI=1S/C14H22N2O2/c1-2-9-15-11-5-7-12(8-6-11)16-14(17)13-4-3-10-18-13/h3-4,10-12,15H,2,5-9H2,1H3,(H,16,17). The molecule has 1 saturated carbocycles. The summed E-state index contributed by atoms with van der Waals surface area (Å²) in [6.07, 6.45) is 7.09. The number of furan rings is 1. The molecule has 1 aliphatic rings. The second-order valence-corrected chi connectivity index (χ2v) is 4.95. The van der Waals surface area contributed by atoms with E-state index in [2.05, 4.69) is 17.6 Å². The maximum atomic E-state index is 11.8. The third-order valence-corrected chi connectivity index (χ3v) is 3.49. The average Bonchev–Trinajstić information content (AvgIpc) is 2.92. The zero-order valence-electron chi connectivity index (χ0n) is 10.9. The molecule has 4 nitrogen and oxygen atoms in total. The number of rotatable bonds is 5. The molecular weight excluding hydrogens is 228 g/mol. The summed E-state index contributed by atoms with van der Waals surface area (Å²) in [6.45, 7) is 3.27. The quantitative estimate of drug-likeness (QED) is 0.843. The van der Waals surface area contributed by atoms with Gasteiger partial charge >= 0.3 is 0 Å². The Bertz CT molecular complexity index is 354. The smallest absolute Gasteiger partial charge is 0.287 e. The molecular formula is C14H22N2O2. The molecule has 2 rings (SSSR count). The number of carbonyl (C=O) groups is 1. The summed E-state index contributed by atoms with van der Waals surface area (Å²) in [7, 11) is 0. The number of nitrogens with one attached hydrogen (secondary N) is 2. The van der Waals surface area contributed by atoms with Crippen molar-refractivity contribution in [2.75, 3.05) is 6.54 Å². The van der Waals surface area contributed by atoms with Crippen LogP contribution in [0.1, 0.15) is 49.6 Å². The molecule has 1 amide bonds. The number of carbonyl (C=O) groups excluding carboxylic acids is 1. The van der Waals surface area contributed by atoms with Crippen molar-refractivity contribution in [1.82, 2.24) is 10.6 Å². The molecule has 18 heavy (non-hydrogen) atoms. The van der Waals surface area contributed by atoms with Gasteiger partial charge in [-0.25, -0.2) is 0 Å². The van der Waals surface area contributed by atoms with Crippen LogP contribution >= 0.6 is 0 Å². The maximum Gasteiger partial charge on any atom is 0.287 e. The van der Waals surface area contributed by atoms with Gasteiger partial charge in [0, 0.05) is 12.1 Å². The van der Waals surface area contributed by atoms with E-state index in [1.807, 2.05) is 0 Å². The first-order chi connectivity index (χ1) is 8.79. The SMILES string of the molecule is CCCNC1CCC(NC(=O)c2ccco2)CC1. The van der Waals surface area contributed by atoms with Crippen LogP contribution in [-0.4, -0.2) is 24.5 Å². The van der Waals surface area contributed by atoms with Gasteiger partial charge < -0.3 is 15.1 Å². The molecule has 0 unspecified atom stereocenters. The molecule has 0 saturated heterocycles. The number of amides is 1. The molecule has 0 aromatic carbocycles. The minimum atomic E-state index is -0.0926. The van der Waals surface area contributed by atoms with Gasteiger partial charge in [-0.05, 0) is 50.8 Å². The minimum Gasteiger partial charge on any atom is -0.459 e. The normalized spacial score (nSPS) is 23.8. The van der Waals surface area contributed by atoms with E-state index in [4.69, 9.17) is 4.42 Å². The van der Waals surface area contributed by atoms with Crippen LogP contribution in [0.15, 0.2) is 22.8 Å². The lowest BCUT2D eigenvalue weighted by atomic mass is 9.91. The van der Waals surface area contributed by atoms with Gasteiger partial charge in [-0.15, -0.1) is 0 Å². The van der Waals surface area contributed by atoms with Crippen molar-refractivity contribution in [3.8, 4) is 0 Å². The van der Waals surface area contributed by atoms with Crippen LogP contribution in [0.2, 0.25) is 0 Å². The molecule has 100 valence electrons. The Morgan fingerprint density at radius 3 is 2.67 bits per heavy atom. The van der Waals surface area contributed by atoms with Crippen molar-refractivity contribution in [2.45, 2.75) is 51.1 Å². The van der Waals surface area contributed by atoms with Crippen molar-refractivity contribution < 1.29 is 9.21 Å². The van der Waals surface area contributed by atoms with Gasteiger partial charge in [0.05, 0.1) is 6.26 Å². The van der Waals surface area contributed by atoms with E-state index in [0.29, 0.717) is 17.8 Å². The van der Waals surface area contributed by atoms with Crippen LogP contribution in [0.4, 0.5) is 0 Å². The Kier molecular flexibility index (Phi) is 4.81. The molecule has 1 aromatic heterocycles. The third-order valence-electron chi connectivity index (χ3n) is 3.49. The Morgan fingerprint density at radius 2 is 2.06 bits per heavy atom. The molecule has 1 aliphatic carbocycles. The fraction of sp³-hybridized carbons (Fsp3) is 0.643. The van der Waals surface area contributed by atoms with Crippen LogP contribution in [0, 0.1) is 0 Å². The van der Waals surface area contributed by atoms with Crippen molar-refractivity contribution in [1.29, 1.82) is 0 Å². The molecule has 1 aromatic rings. The summed E-state index contributed by atoms with van der Waals surface area (Å²) in [4.78, 5) is 11.8. The van der Waals surface area contributed by atoms with Crippen LogP contribution in [0.5, 0.6) is 0 Å². The van der Waals surface area contributed by atoms with Gasteiger partial charge in [0.1, 0.15) is 0 Å². The van der Waals surface area contributed by atoms with Gasteiger partial charge in [-0.3, -0.25) is 4.79 Å². The second kappa shape index (κ2) is 6.59. The van der Waals surface area contributed by atoms with Crippen LogP contribution < -0.4 is 10.6 Å². The van der Waals surface area contributed by atoms with Crippen molar-refractivity contribution >= 4 is 5.91 Å². The third kappa shape index (κ3) is 3.60. The van der Waals surface area contributed by atoms with Crippen LogP contribution in [0.25, 0.3) is 0 Å². The molecule has 0 aliphatic heterocycles. The lowest BCUT2D eigenvalue weighted by molar-refractivity contribution is 0.0896. The topological polar surface area (TPSA) is 54.3 Å². The zero-order chi connectivity index (χ0) is 12.8. The second-order valence-electron chi connectivity index (χ2n) is 4.95. The van der Waals surface area contributed by atoms with Gasteiger partial charge in [-0.1, -0.05) is 6.92 Å². The number of hydrogen-bond acceptors (Lipinski definition) is 3. The zero-order valence-corrected chi connectivity index (χ0v) is 10.9. The van der Waals surface area contributed by atoms with Gasteiger partial charge in [0.15, 0.2) is 5.76 Å². The maximum absolute atomic E-state index is 11.8. The molecule has 1 heterocycles. The highest BCUT2D eigenvalue weighted by molar-refractivity contribution is 5.91. The summed E-state index contributed by atoms with van der Waals surface area (Å²) >= 11 is 0. The summed E-state index contributed by atoms with van der Waals surface area (Å²) in [5.74, 6) is 0.311. The van der Waals surface area contributed by atoms with E-state index >= 15 is 0 Å². The van der Waals surface area contributed by atoms with E-state index in [1.54, 1.807) is 12.1 Å². The van der Waals surface area contributed by atoms with Gasteiger partial charge in [0.2, 0.25) is 0 Å². The number of hydrogen-bond donors (Lipinski definition) is 2. The molecule has 0 spiro atoms. The first-order valence-corrected chi connectivity index (χ1v) is 6.87. The first-order valence-electron chi connectivity index (χ1n) is 6.87. The Morgan fingerprint density at radius 1 is 1.33 bits per heavy atom. The lowest BCUT2D eigenvalue weighted by Crippen LogP contribution is -2.42. The van der Waals surface area contributed by atoms with Crippen molar-refractivity contribution in [3.63, 3.8) is 0 Å². The average molecular weight is 250 g/mol. The molecule has 0 bridgehead atoms. The van der Waals surface area contributed by atoms with E-state index < -0.39 is 0 Å². The first kappa shape index (κ1) is 13.1. The Labute approximate surface area is 108 Å². The van der Waals surface area contributed by atoms with Crippen LogP contribution in [0.3, 0.4) is 0 Å². The molecule has 2 N–H and O–H groups in total. The molecule has 4 heteroatoms.